The fourth-order valence-corrected chi connectivity index (χ4v) is 1.90. The molecule has 1 aromatic rings. The predicted molar refractivity (Wildman–Crippen MR) is 75.5 cm³/mol. The summed E-state index contributed by atoms with van der Waals surface area (Å²) in [5, 5.41) is 9.15. The van der Waals surface area contributed by atoms with Gasteiger partial charge in [0.1, 0.15) is 0 Å². The number of anilines is 1. The average Bonchev–Trinajstić information content (AvgIpc) is 2.27. The molecule has 100 valence electrons. The summed E-state index contributed by atoms with van der Waals surface area (Å²) in [4.78, 5) is 13.0. The molecule has 4 nitrogen and oxygen atoms in total. The molecule has 0 radical (unpaired) electrons. The standard InChI is InChI=1S/C13H18BrNO3/c1-9(2)18-7-6-15(3)12-8-10(14)4-5-11(12)13(16)17/h4-5,8-9H,6-7H2,1-3H3,(H,16,17). The highest BCUT2D eigenvalue weighted by Crippen LogP contribution is 2.24. The Morgan fingerprint density at radius 3 is 2.72 bits per heavy atom. The number of rotatable bonds is 6. The third-order valence-electron chi connectivity index (χ3n) is 2.48. The zero-order chi connectivity index (χ0) is 13.7. The Labute approximate surface area is 116 Å². The number of nitrogens with zero attached hydrogens (tertiary/aromatic N) is 1. The van der Waals surface area contributed by atoms with Crippen molar-refractivity contribution in [1.29, 1.82) is 0 Å². The van der Waals surface area contributed by atoms with Crippen molar-refractivity contribution in [3.8, 4) is 0 Å². The number of carboxylic acid groups (broad SMARTS) is 1. The van der Waals surface area contributed by atoms with E-state index in [1.54, 1.807) is 18.2 Å². The van der Waals surface area contributed by atoms with Crippen molar-refractivity contribution in [2.45, 2.75) is 20.0 Å². The molecule has 0 fully saturated rings. The van der Waals surface area contributed by atoms with Crippen LogP contribution in [0.25, 0.3) is 0 Å². The van der Waals surface area contributed by atoms with Gasteiger partial charge in [0, 0.05) is 18.1 Å². The molecule has 5 heteroatoms. The first-order valence-electron chi connectivity index (χ1n) is 5.77. The summed E-state index contributed by atoms with van der Waals surface area (Å²) in [6.45, 7) is 5.16. The van der Waals surface area contributed by atoms with Gasteiger partial charge in [0.2, 0.25) is 0 Å². The molecular formula is C13H18BrNO3. The van der Waals surface area contributed by atoms with Crippen molar-refractivity contribution in [3.05, 3.63) is 28.2 Å². The number of hydrogen-bond donors (Lipinski definition) is 1. The molecule has 0 aliphatic rings. The van der Waals surface area contributed by atoms with Crippen LogP contribution in [0.5, 0.6) is 0 Å². The molecule has 0 saturated carbocycles. The maximum Gasteiger partial charge on any atom is 0.337 e. The number of carboxylic acids is 1. The van der Waals surface area contributed by atoms with Crippen LogP contribution < -0.4 is 4.90 Å². The first-order valence-corrected chi connectivity index (χ1v) is 6.56. The highest BCUT2D eigenvalue weighted by Gasteiger charge is 2.13. The average molecular weight is 316 g/mol. The molecule has 0 spiro atoms. The van der Waals surface area contributed by atoms with Gasteiger partial charge in [-0.2, -0.15) is 0 Å². The normalized spacial score (nSPS) is 10.7. The zero-order valence-corrected chi connectivity index (χ0v) is 12.4. The molecule has 0 saturated heterocycles. The van der Waals surface area contributed by atoms with E-state index in [2.05, 4.69) is 15.9 Å². The van der Waals surface area contributed by atoms with Crippen molar-refractivity contribution >= 4 is 27.6 Å². The highest BCUT2D eigenvalue weighted by molar-refractivity contribution is 9.10. The van der Waals surface area contributed by atoms with Gasteiger partial charge in [0.05, 0.1) is 24.0 Å². The molecule has 1 rings (SSSR count). The molecule has 0 aliphatic carbocycles. The Hall–Kier alpha value is -1.07. The van der Waals surface area contributed by atoms with Crippen LogP contribution in [0, 0.1) is 0 Å². The Balaban J connectivity index is 2.80. The van der Waals surface area contributed by atoms with E-state index < -0.39 is 5.97 Å². The summed E-state index contributed by atoms with van der Waals surface area (Å²) in [5.41, 5.74) is 0.981. The SMILES string of the molecule is CC(C)OCCN(C)c1cc(Br)ccc1C(=O)O. The quantitative estimate of drug-likeness (QED) is 0.876. The summed E-state index contributed by atoms with van der Waals surface area (Å²) in [5.74, 6) is -0.922. The minimum Gasteiger partial charge on any atom is -0.478 e. The van der Waals surface area contributed by atoms with E-state index in [0.717, 1.165) is 4.47 Å². The number of hydrogen-bond acceptors (Lipinski definition) is 3. The molecule has 0 heterocycles. The van der Waals surface area contributed by atoms with Crippen LogP contribution in [0.3, 0.4) is 0 Å². The lowest BCUT2D eigenvalue weighted by atomic mass is 10.1. The van der Waals surface area contributed by atoms with Crippen LogP contribution in [0.2, 0.25) is 0 Å². The molecule has 0 bridgehead atoms. The Morgan fingerprint density at radius 1 is 1.50 bits per heavy atom. The molecule has 1 N–H and O–H groups in total. The molecule has 18 heavy (non-hydrogen) atoms. The van der Waals surface area contributed by atoms with Gasteiger partial charge < -0.3 is 14.7 Å². The molecule has 0 amide bonds. The highest BCUT2D eigenvalue weighted by atomic mass is 79.9. The predicted octanol–water partition coefficient (Wildman–Crippen LogP) is 3.01. The maximum absolute atomic E-state index is 11.1. The fraction of sp³-hybridized carbons (Fsp3) is 0.462. The van der Waals surface area contributed by atoms with Crippen LogP contribution >= 0.6 is 15.9 Å². The molecular weight excluding hydrogens is 298 g/mol. The van der Waals surface area contributed by atoms with Crippen LogP contribution in [-0.4, -0.2) is 37.4 Å². The number of ether oxygens (including phenoxy) is 1. The van der Waals surface area contributed by atoms with Crippen molar-refractivity contribution in [3.63, 3.8) is 0 Å². The summed E-state index contributed by atoms with van der Waals surface area (Å²) in [7, 11) is 1.86. The number of carbonyl (C=O) groups is 1. The summed E-state index contributed by atoms with van der Waals surface area (Å²) < 4.78 is 6.32. The molecule has 0 unspecified atom stereocenters. The smallest absolute Gasteiger partial charge is 0.337 e. The summed E-state index contributed by atoms with van der Waals surface area (Å²) in [6.07, 6.45) is 0.180. The van der Waals surface area contributed by atoms with Crippen molar-refractivity contribution in [2.75, 3.05) is 25.1 Å². The largest absolute Gasteiger partial charge is 0.478 e. The Kier molecular flexibility index (Phi) is 5.62. The topological polar surface area (TPSA) is 49.8 Å². The van der Waals surface area contributed by atoms with Gasteiger partial charge in [-0.3, -0.25) is 0 Å². The molecule has 0 aliphatic heterocycles. The lowest BCUT2D eigenvalue weighted by Gasteiger charge is -2.22. The van der Waals surface area contributed by atoms with Gasteiger partial charge in [-0.1, -0.05) is 15.9 Å². The van der Waals surface area contributed by atoms with Crippen LogP contribution in [0.4, 0.5) is 5.69 Å². The summed E-state index contributed by atoms with van der Waals surface area (Å²) in [6, 6.07) is 5.13. The number of halogens is 1. The van der Waals surface area contributed by atoms with E-state index in [1.807, 2.05) is 25.8 Å². The minimum atomic E-state index is -0.922. The van der Waals surface area contributed by atoms with Crippen LogP contribution in [0.1, 0.15) is 24.2 Å². The lowest BCUT2D eigenvalue weighted by Crippen LogP contribution is -2.25. The second-order valence-corrected chi connectivity index (χ2v) is 5.22. The van der Waals surface area contributed by atoms with E-state index in [9.17, 15) is 4.79 Å². The van der Waals surface area contributed by atoms with Gasteiger partial charge in [-0.15, -0.1) is 0 Å². The zero-order valence-electron chi connectivity index (χ0n) is 10.8. The van der Waals surface area contributed by atoms with E-state index >= 15 is 0 Å². The molecule has 1 aromatic carbocycles. The van der Waals surface area contributed by atoms with E-state index in [4.69, 9.17) is 9.84 Å². The number of aromatic carboxylic acids is 1. The number of likely N-dealkylation sites (N-methyl/N-ethyl adjacent to an activating group) is 1. The first-order chi connectivity index (χ1) is 8.41. The van der Waals surface area contributed by atoms with Crippen LogP contribution in [-0.2, 0) is 4.74 Å². The fourth-order valence-electron chi connectivity index (χ4n) is 1.55. The van der Waals surface area contributed by atoms with Gasteiger partial charge >= 0.3 is 5.97 Å². The van der Waals surface area contributed by atoms with Gasteiger partial charge in [-0.05, 0) is 32.0 Å². The van der Waals surface area contributed by atoms with Gasteiger partial charge in [0.25, 0.3) is 0 Å². The van der Waals surface area contributed by atoms with E-state index in [0.29, 0.717) is 24.4 Å². The monoisotopic (exact) mass is 315 g/mol. The minimum absolute atomic E-state index is 0.180. The van der Waals surface area contributed by atoms with Crippen molar-refractivity contribution < 1.29 is 14.6 Å². The second kappa shape index (κ2) is 6.75. The third kappa shape index (κ3) is 4.31. The van der Waals surface area contributed by atoms with Gasteiger partial charge in [-0.25, -0.2) is 4.79 Å². The van der Waals surface area contributed by atoms with E-state index in [-0.39, 0.29) is 6.10 Å². The summed E-state index contributed by atoms with van der Waals surface area (Å²) >= 11 is 3.35. The maximum atomic E-state index is 11.1. The Morgan fingerprint density at radius 2 is 2.17 bits per heavy atom. The molecule has 0 aromatic heterocycles. The third-order valence-corrected chi connectivity index (χ3v) is 2.97. The van der Waals surface area contributed by atoms with Crippen molar-refractivity contribution in [1.82, 2.24) is 0 Å². The van der Waals surface area contributed by atoms with Crippen molar-refractivity contribution in [2.24, 2.45) is 0 Å². The van der Waals surface area contributed by atoms with Gasteiger partial charge in [0.15, 0.2) is 0 Å². The Bertz CT molecular complexity index is 421. The van der Waals surface area contributed by atoms with E-state index in [1.165, 1.54) is 0 Å². The first kappa shape index (κ1) is 15.0. The molecule has 0 atom stereocenters. The number of benzene rings is 1. The van der Waals surface area contributed by atoms with Crippen LogP contribution in [0.15, 0.2) is 22.7 Å². The lowest BCUT2D eigenvalue weighted by molar-refractivity contribution is 0.0696. The second-order valence-electron chi connectivity index (χ2n) is 4.31.